The molecule has 4 atom stereocenters. The maximum absolute atomic E-state index is 14.2. The zero-order valence-electron chi connectivity index (χ0n) is 25.2. The monoisotopic (exact) mass is 620 g/mol. The first kappa shape index (κ1) is 29.7. The highest BCUT2D eigenvalue weighted by atomic mass is 19.4. The number of nitrogens with zero attached hydrogens (tertiary/aromatic N) is 3. The van der Waals surface area contributed by atoms with Crippen LogP contribution in [0.2, 0.25) is 0 Å². The zero-order chi connectivity index (χ0) is 31.5. The minimum Gasteiger partial charge on any atom is -0.489 e. The first-order chi connectivity index (χ1) is 21.5. The van der Waals surface area contributed by atoms with Crippen molar-refractivity contribution >= 4 is 17.5 Å². The average Bonchev–Trinajstić information content (AvgIpc) is 3.52. The lowest BCUT2D eigenvalue weighted by Gasteiger charge is -2.36. The molecule has 1 aromatic heterocycles. The van der Waals surface area contributed by atoms with Crippen molar-refractivity contribution in [3.8, 4) is 17.2 Å². The summed E-state index contributed by atoms with van der Waals surface area (Å²) in [6.45, 7) is 1.67. The molecule has 0 spiro atoms. The smallest absolute Gasteiger partial charge is 0.416 e. The van der Waals surface area contributed by atoms with Gasteiger partial charge in [-0.25, -0.2) is 4.98 Å². The van der Waals surface area contributed by atoms with Crippen LogP contribution in [0, 0.1) is 5.92 Å². The Bertz CT molecular complexity index is 1660. The van der Waals surface area contributed by atoms with Gasteiger partial charge in [0.2, 0.25) is 5.91 Å². The molecule has 1 N–H and O–H groups in total. The number of hydrogen-bond acceptors (Lipinski definition) is 7. The Morgan fingerprint density at radius 2 is 2.00 bits per heavy atom. The lowest BCUT2D eigenvalue weighted by atomic mass is 9.96. The van der Waals surface area contributed by atoms with Crippen molar-refractivity contribution < 1.29 is 32.2 Å². The molecule has 0 radical (unpaired) electrons. The molecule has 0 bridgehead atoms. The minimum absolute atomic E-state index is 0.0248. The summed E-state index contributed by atoms with van der Waals surface area (Å²) in [6.07, 6.45) is -0.208. The fraction of sp³-hybridized carbons (Fsp3) is 0.441. The van der Waals surface area contributed by atoms with E-state index in [2.05, 4.69) is 20.1 Å². The number of rotatable bonds is 8. The Labute approximate surface area is 259 Å². The number of likely N-dealkylation sites (tertiary alicyclic amines) is 1. The molecule has 4 heterocycles. The summed E-state index contributed by atoms with van der Waals surface area (Å²) in [4.78, 5) is 33.5. The van der Waals surface area contributed by atoms with Gasteiger partial charge in [-0.3, -0.25) is 14.5 Å². The number of piperidine rings is 1. The SMILES string of the molecule is CN(C)[C@@H]1CCCN(Cc2ccc(C(=O)C[C@@H]3[C@H]4Oc5ccc(Oc6ccnc7c6CCC(=O)N7)cc5[C@@H]34)cc2C(F)(F)F)C1. The lowest BCUT2D eigenvalue weighted by Crippen LogP contribution is -2.44. The number of benzene rings is 2. The third kappa shape index (κ3) is 5.91. The Morgan fingerprint density at radius 1 is 1.16 bits per heavy atom. The first-order valence-electron chi connectivity index (χ1n) is 15.4. The quantitative estimate of drug-likeness (QED) is 0.307. The molecule has 1 amide bonds. The fourth-order valence-electron chi connectivity index (χ4n) is 7.06. The summed E-state index contributed by atoms with van der Waals surface area (Å²) in [5, 5.41) is 2.77. The molecule has 2 fully saturated rings. The Kier molecular flexibility index (Phi) is 7.56. The number of alkyl halides is 3. The fourth-order valence-corrected chi connectivity index (χ4v) is 7.06. The van der Waals surface area contributed by atoms with Crippen LogP contribution in [-0.4, -0.2) is 65.8 Å². The van der Waals surface area contributed by atoms with Gasteiger partial charge in [-0.1, -0.05) is 12.1 Å². The zero-order valence-corrected chi connectivity index (χ0v) is 25.2. The molecule has 3 aromatic rings. The number of Topliss-reactive ketones (excluding diaryl/α,β-unsaturated/α-hetero) is 1. The third-order valence-electron chi connectivity index (χ3n) is 9.56. The molecule has 0 unspecified atom stereocenters. The van der Waals surface area contributed by atoms with Gasteiger partial charge in [-0.15, -0.1) is 0 Å². The number of ether oxygens (including phenoxy) is 2. The van der Waals surface area contributed by atoms with Crippen LogP contribution < -0.4 is 14.8 Å². The second-order valence-electron chi connectivity index (χ2n) is 12.7. The van der Waals surface area contributed by atoms with Crippen molar-refractivity contribution in [3.05, 3.63) is 76.5 Å². The number of anilines is 1. The standard InChI is InChI=1S/C34H35F3N4O4/c1-40(2)21-4-3-13-41(18-21)17-20-6-5-19(14-26(20)34(35,36)37)27(42)16-25-31-24-15-22(7-9-28(24)45-32(25)31)44-29-11-12-38-33-23(29)8-10-30(43)39-33/h5-7,9,11-12,14-15,21,25,31-32H,3-4,8,10,13,16-18H2,1-2H3,(H,38,39,43)/t21-,25+,31+,32-/m1/s1. The predicted molar refractivity (Wildman–Crippen MR) is 161 cm³/mol. The molecule has 4 aliphatic rings. The van der Waals surface area contributed by atoms with E-state index in [0.29, 0.717) is 42.7 Å². The van der Waals surface area contributed by atoms with Crippen LogP contribution >= 0.6 is 0 Å². The van der Waals surface area contributed by atoms with E-state index < -0.39 is 11.7 Å². The van der Waals surface area contributed by atoms with E-state index in [1.807, 2.05) is 32.3 Å². The first-order valence-corrected chi connectivity index (χ1v) is 15.4. The summed E-state index contributed by atoms with van der Waals surface area (Å²) in [7, 11) is 3.99. The normalized spacial score (nSPS) is 23.9. The molecule has 3 aliphatic heterocycles. The number of nitrogens with one attached hydrogen (secondary N) is 1. The number of carbonyl (C=O) groups is 2. The van der Waals surface area contributed by atoms with E-state index in [4.69, 9.17) is 9.47 Å². The number of ketones is 1. The number of amides is 1. The largest absolute Gasteiger partial charge is 0.489 e. The van der Waals surface area contributed by atoms with Crippen LogP contribution in [0.1, 0.15) is 64.2 Å². The molecule has 236 valence electrons. The summed E-state index contributed by atoms with van der Waals surface area (Å²) in [6, 6.07) is 11.7. The number of halogens is 3. The number of pyridine rings is 1. The van der Waals surface area contributed by atoms with E-state index in [1.165, 1.54) is 12.1 Å². The molecule has 11 heteroatoms. The van der Waals surface area contributed by atoms with Crippen LogP contribution in [0.4, 0.5) is 19.0 Å². The van der Waals surface area contributed by atoms with Crippen molar-refractivity contribution in [3.63, 3.8) is 0 Å². The van der Waals surface area contributed by atoms with Crippen molar-refractivity contribution in [2.24, 2.45) is 5.92 Å². The summed E-state index contributed by atoms with van der Waals surface area (Å²) >= 11 is 0. The Morgan fingerprint density at radius 3 is 2.80 bits per heavy atom. The van der Waals surface area contributed by atoms with Gasteiger partial charge in [-0.05, 0) is 75.8 Å². The molecule has 1 saturated heterocycles. The number of aromatic nitrogens is 1. The summed E-state index contributed by atoms with van der Waals surface area (Å²) in [5.41, 5.74) is 1.30. The van der Waals surface area contributed by atoms with Crippen LogP contribution in [0.3, 0.4) is 0 Å². The summed E-state index contributed by atoms with van der Waals surface area (Å²) in [5.74, 6) is 1.89. The van der Waals surface area contributed by atoms with Gasteiger partial charge >= 0.3 is 6.18 Å². The predicted octanol–water partition coefficient (Wildman–Crippen LogP) is 6.05. The maximum atomic E-state index is 14.2. The molecule has 8 nitrogen and oxygen atoms in total. The minimum atomic E-state index is -4.56. The van der Waals surface area contributed by atoms with E-state index >= 15 is 0 Å². The number of likely N-dealkylation sites (N-methyl/N-ethyl adjacent to an activating group) is 1. The van der Waals surface area contributed by atoms with Gasteiger partial charge in [0.1, 0.15) is 29.2 Å². The molecule has 45 heavy (non-hydrogen) atoms. The molecule has 1 aliphatic carbocycles. The van der Waals surface area contributed by atoms with E-state index in [-0.39, 0.29) is 53.7 Å². The second kappa shape index (κ2) is 11.4. The van der Waals surface area contributed by atoms with Gasteiger partial charge in [0.05, 0.1) is 5.56 Å². The van der Waals surface area contributed by atoms with Gasteiger partial charge in [-0.2, -0.15) is 13.2 Å². The van der Waals surface area contributed by atoms with Crippen LogP contribution in [-0.2, 0) is 23.9 Å². The molecular formula is C34H35F3N4O4. The highest BCUT2D eigenvalue weighted by Gasteiger charge is 2.59. The Hall–Kier alpha value is -3.96. The van der Waals surface area contributed by atoms with Gasteiger partial charge in [0, 0.05) is 66.7 Å². The van der Waals surface area contributed by atoms with E-state index in [9.17, 15) is 22.8 Å². The van der Waals surface area contributed by atoms with Crippen molar-refractivity contribution in [1.29, 1.82) is 0 Å². The van der Waals surface area contributed by atoms with Gasteiger partial charge in [0.15, 0.2) is 5.78 Å². The second-order valence-corrected chi connectivity index (χ2v) is 12.7. The molecular weight excluding hydrogens is 585 g/mol. The number of fused-ring (bicyclic) bond motifs is 4. The van der Waals surface area contributed by atoms with Gasteiger partial charge in [0.25, 0.3) is 0 Å². The topological polar surface area (TPSA) is 84.0 Å². The van der Waals surface area contributed by atoms with Crippen molar-refractivity contribution in [2.75, 3.05) is 32.5 Å². The summed E-state index contributed by atoms with van der Waals surface area (Å²) < 4.78 is 54.9. The van der Waals surface area contributed by atoms with Crippen molar-refractivity contribution in [2.45, 2.75) is 62.9 Å². The van der Waals surface area contributed by atoms with Crippen LogP contribution in [0.5, 0.6) is 17.2 Å². The van der Waals surface area contributed by atoms with E-state index in [1.54, 1.807) is 12.3 Å². The van der Waals surface area contributed by atoms with Crippen molar-refractivity contribution in [1.82, 2.24) is 14.8 Å². The maximum Gasteiger partial charge on any atom is 0.416 e. The highest BCUT2D eigenvalue weighted by molar-refractivity contribution is 5.97. The van der Waals surface area contributed by atoms with E-state index in [0.717, 1.165) is 42.3 Å². The molecule has 7 rings (SSSR count). The number of carbonyl (C=O) groups excluding carboxylic acids is 2. The molecule has 1 saturated carbocycles. The van der Waals surface area contributed by atoms with Crippen LogP contribution in [0.25, 0.3) is 0 Å². The Balaban J connectivity index is 1.04. The highest BCUT2D eigenvalue weighted by Crippen LogP contribution is 2.60. The third-order valence-corrected chi connectivity index (χ3v) is 9.56. The lowest BCUT2D eigenvalue weighted by molar-refractivity contribution is -0.138. The molecule has 2 aromatic carbocycles. The van der Waals surface area contributed by atoms with Gasteiger partial charge < -0.3 is 19.7 Å². The number of hydrogen-bond donors (Lipinski definition) is 1. The average molecular weight is 621 g/mol. The van der Waals surface area contributed by atoms with Crippen LogP contribution in [0.15, 0.2) is 48.7 Å².